The number of amides is 2. The Hall–Kier alpha value is -2.17. The average molecular weight is 413 g/mol. The van der Waals surface area contributed by atoms with Crippen LogP contribution in [0.1, 0.15) is 22.8 Å². The van der Waals surface area contributed by atoms with Crippen LogP contribution in [0.15, 0.2) is 23.1 Å². The monoisotopic (exact) mass is 413 g/mol. The van der Waals surface area contributed by atoms with Gasteiger partial charge in [-0.25, -0.2) is 13.2 Å². The van der Waals surface area contributed by atoms with E-state index in [4.69, 9.17) is 9.47 Å². The molecule has 0 bridgehead atoms. The van der Waals surface area contributed by atoms with Crippen molar-refractivity contribution in [3.05, 3.63) is 29.3 Å². The van der Waals surface area contributed by atoms with Gasteiger partial charge in [0.25, 0.3) is 5.91 Å². The van der Waals surface area contributed by atoms with Gasteiger partial charge in [0.05, 0.1) is 18.1 Å². The first kappa shape index (κ1) is 22.1. The van der Waals surface area contributed by atoms with E-state index >= 15 is 0 Å². The van der Waals surface area contributed by atoms with Gasteiger partial charge in [-0.3, -0.25) is 4.79 Å². The number of aryl methyl sites for hydroxylation is 1. The summed E-state index contributed by atoms with van der Waals surface area (Å²) in [4.78, 5) is 25.7. The van der Waals surface area contributed by atoms with Gasteiger partial charge in [0, 0.05) is 45.4 Å². The zero-order valence-corrected chi connectivity index (χ0v) is 17.3. The van der Waals surface area contributed by atoms with Crippen LogP contribution in [0, 0.1) is 6.92 Å². The predicted molar refractivity (Wildman–Crippen MR) is 103 cm³/mol. The molecule has 0 radical (unpaired) electrons. The van der Waals surface area contributed by atoms with E-state index in [2.05, 4.69) is 5.32 Å². The summed E-state index contributed by atoms with van der Waals surface area (Å²) in [6, 6.07) is 4.51. The lowest BCUT2D eigenvalue weighted by Crippen LogP contribution is -2.50. The van der Waals surface area contributed by atoms with Gasteiger partial charge < -0.3 is 19.7 Å². The van der Waals surface area contributed by atoms with Gasteiger partial charge in [0.2, 0.25) is 10.0 Å². The highest BCUT2D eigenvalue weighted by Gasteiger charge is 2.31. The zero-order valence-electron chi connectivity index (χ0n) is 16.4. The molecule has 1 aromatic carbocycles. The smallest absolute Gasteiger partial charge is 0.409 e. The van der Waals surface area contributed by atoms with Crippen molar-refractivity contribution in [3.63, 3.8) is 0 Å². The molecule has 2 amide bonds. The molecular formula is C18H27N3O6S. The van der Waals surface area contributed by atoms with Crippen LogP contribution in [0.4, 0.5) is 4.79 Å². The minimum Gasteiger partial charge on any atom is -0.450 e. The molecule has 156 valence electrons. The molecule has 0 aromatic heterocycles. The Morgan fingerprint density at radius 1 is 1.18 bits per heavy atom. The first-order valence-corrected chi connectivity index (χ1v) is 10.5. The molecule has 0 saturated carbocycles. The second-order valence-corrected chi connectivity index (χ2v) is 8.25. The van der Waals surface area contributed by atoms with Crippen LogP contribution in [0.3, 0.4) is 0 Å². The predicted octanol–water partition coefficient (Wildman–Crippen LogP) is 0.834. The molecule has 0 aliphatic carbocycles. The normalized spacial score (nSPS) is 15.3. The fourth-order valence-corrected chi connectivity index (χ4v) is 4.29. The molecule has 1 aliphatic rings. The molecule has 0 spiro atoms. The third-order valence-electron chi connectivity index (χ3n) is 4.45. The number of carbonyl (C=O) groups excluding carboxylic acids is 2. The Morgan fingerprint density at radius 2 is 1.86 bits per heavy atom. The Labute approximate surface area is 165 Å². The summed E-state index contributed by atoms with van der Waals surface area (Å²) < 4.78 is 37.1. The van der Waals surface area contributed by atoms with Gasteiger partial charge in [0.1, 0.15) is 0 Å². The number of methoxy groups -OCH3 is 1. The number of hydrogen-bond donors (Lipinski definition) is 1. The van der Waals surface area contributed by atoms with Gasteiger partial charge in [-0.1, -0.05) is 6.07 Å². The van der Waals surface area contributed by atoms with E-state index in [-0.39, 0.29) is 43.6 Å². The maximum absolute atomic E-state index is 13.0. The number of ether oxygens (including phenoxy) is 2. The van der Waals surface area contributed by atoms with E-state index in [9.17, 15) is 18.0 Å². The first-order chi connectivity index (χ1) is 13.3. The molecule has 9 nitrogen and oxygen atoms in total. The van der Waals surface area contributed by atoms with E-state index in [1.54, 1.807) is 19.9 Å². The summed E-state index contributed by atoms with van der Waals surface area (Å²) in [5.41, 5.74) is 0.989. The van der Waals surface area contributed by atoms with Crippen LogP contribution in [0.5, 0.6) is 0 Å². The lowest BCUT2D eigenvalue weighted by molar-refractivity contribution is 0.0926. The molecule has 0 atom stereocenters. The number of benzene rings is 1. The van der Waals surface area contributed by atoms with E-state index in [1.165, 1.54) is 28.4 Å². The minimum atomic E-state index is -3.77. The molecule has 2 rings (SSSR count). The number of rotatable bonds is 7. The molecular weight excluding hydrogens is 386 g/mol. The van der Waals surface area contributed by atoms with Crippen molar-refractivity contribution in [3.8, 4) is 0 Å². The lowest BCUT2D eigenvalue weighted by Gasteiger charge is -2.33. The third-order valence-corrected chi connectivity index (χ3v) is 6.34. The van der Waals surface area contributed by atoms with Crippen molar-refractivity contribution >= 4 is 22.0 Å². The van der Waals surface area contributed by atoms with Crippen molar-refractivity contribution in [1.82, 2.24) is 14.5 Å². The Balaban J connectivity index is 2.12. The van der Waals surface area contributed by atoms with Gasteiger partial charge in [-0.2, -0.15) is 4.31 Å². The number of carbonyl (C=O) groups is 2. The van der Waals surface area contributed by atoms with Crippen molar-refractivity contribution < 1.29 is 27.5 Å². The van der Waals surface area contributed by atoms with Gasteiger partial charge >= 0.3 is 6.09 Å². The standard InChI is InChI=1S/C18H27N3O6S/c1-4-27-18(23)20-8-10-21(11-9-20)28(24,25)15-6-5-14(2)16(13-15)17(22)19-7-12-26-3/h5-6,13H,4,7-12H2,1-3H3,(H,19,22). The molecule has 1 heterocycles. The maximum Gasteiger partial charge on any atom is 0.409 e. The van der Waals surface area contributed by atoms with E-state index < -0.39 is 16.1 Å². The molecule has 0 unspecified atom stereocenters. The Kier molecular flexibility index (Phi) is 7.78. The second-order valence-electron chi connectivity index (χ2n) is 6.32. The minimum absolute atomic E-state index is 0.0552. The third kappa shape index (κ3) is 5.21. The number of nitrogens with one attached hydrogen (secondary N) is 1. The van der Waals surface area contributed by atoms with Crippen LogP contribution in [0.25, 0.3) is 0 Å². The van der Waals surface area contributed by atoms with Crippen molar-refractivity contribution in [2.75, 3.05) is 53.0 Å². The van der Waals surface area contributed by atoms with E-state index in [0.717, 1.165) is 0 Å². The fourth-order valence-electron chi connectivity index (χ4n) is 2.84. The van der Waals surface area contributed by atoms with Crippen LogP contribution < -0.4 is 5.32 Å². The van der Waals surface area contributed by atoms with Crippen molar-refractivity contribution in [2.24, 2.45) is 0 Å². The number of hydrogen-bond acceptors (Lipinski definition) is 6. The number of nitrogens with zero attached hydrogens (tertiary/aromatic N) is 2. The second kappa shape index (κ2) is 9.85. The summed E-state index contributed by atoms with van der Waals surface area (Å²) in [6.07, 6.45) is -0.440. The number of sulfonamides is 1. The first-order valence-electron chi connectivity index (χ1n) is 9.11. The van der Waals surface area contributed by atoms with Crippen LogP contribution in [-0.4, -0.2) is 82.7 Å². The summed E-state index contributed by atoms with van der Waals surface area (Å²) in [5, 5.41) is 2.70. The Bertz CT molecular complexity index is 804. The largest absolute Gasteiger partial charge is 0.450 e. The van der Waals surface area contributed by atoms with Crippen LogP contribution in [-0.2, 0) is 19.5 Å². The summed E-state index contributed by atoms with van der Waals surface area (Å²) in [5.74, 6) is -0.348. The quantitative estimate of drug-likeness (QED) is 0.664. The molecule has 10 heteroatoms. The zero-order chi connectivity index (χ0) is 20.7. The van der Waals surface area contributed by atoms with Gasteiger partial charge in [-0.05, 0) is 31.5 Å². The highest BCUT2D eigenvalue weighted by atomic mass is 32.2. The van der Waals surface area contributed by atoms with E-state index in [0.29, 0.717) is 24.3 Å². The van der Waals surface area contributed by atoms with Gasteiger partial charge in [0.15, 0.2) is 0 Å². The van der Waals surface area contributed by atoms with Crippen molar-refractivity contribution in [2.45, 2.75) is 18.7 Å². The molecule has 1 fully saturated rings. The molecule has 1 N–H and O–H groups in total. The summed E-state index contributed by atoms with van der Waals surface area (Å²) in [6.45, 7) is 5.31. The van der Waals surface area contributed by atoms with Crippen molar-refractivity contribution in [1.29, 1.82) is 0 Å². The SMILES string of the molecule is CCOC(=O)N1CCN(S(=O)(=O)c2ccc(C)c(C(=O)NCCOC)c2)CC1. The van der Waals surface area contributed by atoms with E-state index in [1.807, 2.05) is 0 Å². The maximum atomic E-state index is 13.0. The topological polar surface area (TPSA) is 105 Å². The lowest BCUT2D eigenvalue weighted by atomic mass is 10.1. The number of piperazine rings is 1. The average Bonchev–Trinajstić information content (AvgIpc) is 2.68. The van der Waals surface area contributed by atoms with Crippen LogP contribution in [0.2, 0.25) is 0 Å². The molecule has 1 aromatic rings. The fraction of sp³-hybridized carbons (Fsp3) is 0.556. The summed E-state index contributed by atoms with van der Waals surface area (Å²) in [7, 11) is -2.24. The molecule has 1 aliphatic heterocycles. The Morgan fingerprint density at radius 3 is 2.46 bits per heavy atom. The van der Waals surface area contributed by atoms with Crippen LogP contribution >= 0.6 is 0 Å². The highest BCUT2D eigenvalue weighted by molar-refractivity contribution is 7.89. The van der Waals surface area contributed by atoms with Gasteiger partial charge in [-0.15, -0.1) is 0 Å². The highest BCUT2D eigenvalue weighted by Crippen LogP contribution is 2.21. The summed E-state index contributed by atoms with van der Waals surface area (Å²) >= 11 is 0. The molecule has 28 heavy (non-hydrogen) atoms. The molecule has 1 saturated heterocycles.